The van der Waals surface area contributed by atoms with Crippen LogP contribution in [0.2, 0.25) is 0 Å². The molecule has 0 atom stereocenters. The van der Waals surface area contributed by atoms with E-state index in [-0.39, 0.29) is 20.5 Å². The third kappa shape index (κ3) is 3.70. The van der Waals surface area contributed by atoms with E-state index in [0.717, 1.165) is 24.2 Å². The smallest absolute Gasteiger partial charge is 0.260 e. The maximum Gasteiger partial charge on any atom is 0.260 e. The topological polar surface area (TPSA) is 122 Å². The minimum atomic E-state index is -3.60. The number of nitrogens with two attached hydrogens (primary N) is 1. The van der Waals surface area contributed by atoms with Crippen LogP contribution in [0.1, 0.15) is 32.9 Å². The molecule has 1 aromatic heterocycles. The van der Waals surface area contributed by atoms with Gasteiger partial charge in [-0.25, -0.2) is 13.4 Å². The van der Waals surface area contributed by atoms with E-state index >= 15 is 0 Å². The van der Waals surface area contributed by atoms with Crippen LogP contribution in [0.25, 0.3) is 0 Å². The average molecular weight is 380 g/mol. The fraction of sp³-hybridized carbons (Fsp3) is 0.267. The van der Waals surface area contributed by atoms with Gasteiger partial charge in [-0.1, -0.05) is 17.4 Å². The molecule has 1 aliphatic rings. The van der Waals surface area contributed by atoms with Crippen molar-refractivity contribution < 1.29 is 18.0 Å². The van der Waals surface area contributed by atoms with Crippen LogP contribution in [0.4, 0.5) is 5.13 Å². The predicted molar refractivity (Wildman–Crippen MR) is 93.0 cm³/mol. The van der Waals surface area contributed by atoms with Gasteiger partial charge < -0.3 is 5.73 Å². The van der Waals surface area contributed by atoms with Crippen LogP contribution >= 0.6 is 11.3 Å². The standard InChI is InChI=1S/C15H16N4O4S2/c16-13(20)12-9-17-15(24-12)18-14(21)10-4-3-5-11(8-10)25(22,23)19-6-1-2-7-19/h3-5,8-9H,1-2,6-7H2,(H2,16,20)(H,17,18,21). The quantitative estimate of drug-likeness (QED) is 0.809. The zero-order valence-corrected chi connectivity index (χ0v) is 14.8. The number of hydrogen-bond acceptors (Lipinski definition) is 6. The van der Waals surface area contributed by atoms with Gasteiger partial charge in [-0.05, 0) is 31.0 Å². The number of carbonyl (C=O) groups excluding carboxylic acids is 2. The number of nitrogens with one attached hydrogen (secondary N) is 1. The zero-order valence-electron chi connectivity index (χ0n) is 13.1. The average Bonchev–Trinajstić information content (AvgIpc) is 3.27. The van der Waals surface area contributed by atoms with Gasteiger partial charge in [-0.15, -0.1) is 0 Å². The molecule has 0 radical (unpaired) electrons. The van der Waals surface area contributed by atoms with E-state index in [4.69, 9.17) is 5.73 Å². The second-order valence-corrected chi connectivity index (χ2v) is 8.46. The van der Waals surface area contributed by atoms with Crippen molar-refractivity contribution >= 4 is 38.3 Å². The van der Waals surface area contributed by atoms with Gasteiger partial charge in [-0.2, -0.15) is 4.31 Å². The Bertz CT molecular complexity index is 917. The largest absolute Gasteiger partial charge is 0.365 e. The van der Waals surface area contributed by atoms with Crippen LogP contribution in [-0.2, 0) is 10.0 Å². The van der Waals surface area contributed by atoms with Gasteiger partial charge in [0.25, 0.3) is 11.8 Å². The summed E-state index contributed by atoms with van der Waals surface area (Å²) < 4.78 is 26.6. The number of primary amides is 1. The van der Waals surface area contributed by atoms with Gasteiger partial charge in [0.2, 0.25) is 10.0 Å². The summed E-state index contributed by atoms with van der Waals surface area (Å²) in [6, 6.07) is 5.85. The highest BCUT2D eigenvalue weighted by Crippen LogP contribution is 2.23. The molecule has 2 amide bonds. The van der Waals surface area contributed by atoms with Crippen LogP contribution in [0.3, 0.4) is 0 Å². The Balaban J connectivity index is 1.80. The van der Waals surface area contributed by atoms with Crippen LogP contribution in [0.15, 0.2) is 35.4 Å². The van der Waals surface area contributed by atoms with Crippen molar-refractivity contribution in [1.82, 2.24) is 9.29 Å². The first-order valence-corrected chi connectivity index (χ1v) is 9.81. The number of sulfonamides is 1. The molecule has 1 aliphatic heterocycles. The number of rotatable bonds is 5. The lowest BCUT2D eigenvalue weighted by Gasteiger charge is -2.15. The Morgan fingerprint density at radius 1 is 1.24 bits per heavy atom. The molecule has 2 aromatic rings. The van der Waals surface area contributed by atoms with Crippen molar-refractivity contribution in [3.05, 3.63) is 40.9 Å². The van der Waals surface area contributed by atoms with Crippen molar-refractivity contribution in [1.29, 1.82) is 0 Å². The molecule has 1 fully saturated rings. The second kappa shape index (κ2) is 6.90. The summed E-state index contributed by atoms with van der Waals surface area (Å²) in [4.78, 5) is 27.6. The number of carbonyl (C=O) groups is 2. The van der Waals surface area contributed by atoms with E-state index < -0.39 is 21.8 Å². The lowest BCUT2D eigenvalue weighted by molar-refractivity contribution is 0.100. The van der Waals surface area contributed by atoms with E-state index in [1.54, 1.807) is 0 Å². The first-order chi connectivity index (χ1) is 11.9. The Morgan fingerprint density at radius 3 is 2.60 bits per heavy atom. The van der Waals surface area contributed by atoms with Crippen molar-refractivity contribution in [3.8, 4) is 0 Å². The number of thiazole rings is 1. The Kier molecular flexibility index (Phi) is 4.84. The summed E-state index contributed by atoms with van der Waals surface area (Å²) in [7, 11) is -3.60. The van der Waals surface area contributed by atoms with Gasteiger partial charge in [0, 0.05) is 18.7 Å². The van der Waals surface area contributed by atoms with E-state index in [2.05, 4.69) is 10.3 Å². The molecule has 0 unspecified atom stereocenters. The van der Waals surface area contributed by atoms with Gasteiger partial charge in [0.15, 0.2) is 5.13 Å². The number of benzene rings is 1. The molecule has 3 N–H and O–H groups in total. The fourth-order valence-electron chi connectivity index (χ4n) is 2.49. The predicted octanol–water partition coefficient (Wildman–Crippen LogP) is 1.28. The molecule has 1 saturated heterocycles. The highest BCUT2D eigenvalue weighted by molar-refractivity contribution is 7.89. The molecule has 0 aliphatic carbocycles. The van der Waals surface area contributed by atoms with Crippen LogP contribution in [0.5, 0.6) is 0 Å². The molecular weight excluding hydrogens is 364 g/mol. The van der Waals surface area contributed by atoms with Crippen LogP contribution in [-0.4, -0.2) is 42.6 Å². The molecule has 132 valence electrons. The van der Waals surface area contributed by atoms with E-state index in [9.17, 15) is 18.0 Å². The molecular formula is C15H16N4O4S2. The van der Waals surface area contributed by atoms with E-state index in [1.165, 1.54) is 34.8 Å². The minimum Gasteiger partial charge on any atom is -0.365 e. The van der Waals surface area contributed by atoms with Crippen molar-refractivity contribution in [2.75, 3.05) is 18.4 Å². The third-order valence-electron chi connectivity index (χ3n) is 3.77. The van der Waals surface area contributed by atoms with Crippen molar-refractivity contribution in [3.63, 3.8) is 0 Å². The molecule has 0 spiro atoms. The highest BCUT2D eigenvalue weighted by atomic mass is 32.2. The molecule has 10 heteroatoms. The molecule has 25 heavy (non-hydrogen) atoms. The monoisotopic (exact) mass is 380 g/mol. The van der Waals surface area contributed by atoms with Crippen LogP contribution < -0.4 is 11.1 Å². The maximum atomic E-state index is 12.6. The summed E-state index contributed by atoms with van der Waals surface area (Å²) >= 11 is 0.950. The lowest BCUT2D eigenvalue weighted by atomic mass is 10.2. The van der Waals surface area contributed by atoms with Crippen molar-refractivity contribution in [2.24, 2.45) is 5.73 Å². The summed E-state index contributed by atoms with van der Waals surface area (Å²) in [5, 5.41) is 2.75. The Hall–Kier alpha value is -2.30. The molecule has 2 heterocycles. The highest BCUT2D eigenvalue weighted by Gasteiger charge is 2.27. The van der Waals surface area contributed by atoms with Crippen molar-refractivity contribution in [2.45, 2.75) is 17.7 Å². The molecule has 0 bridgehead atoms. The van der Waals surface area contributed by atoms with Gasteiger partial charge >= 0.3 is 0 Å². The molecule has 0 saturated carbocycles. The maximum absolute atomic E-state index is 12.6. The summed E-state index contributed by atoms with van der Waals surface area (Å²) in [5.74, 6) is -1.14. The van der Waals surface area contributed by atoms with Gasteiger partial charge in [-0.3, -0.25) is 14.9 Å². The first kappa shape index (κ1) is 17.5. The number of amides is 2. The van der Waals surface area contributed by atoms with Crippen LogP contribution in [0, 0.1) is 0 Å². The summed E-state index contributed by atoms with van der Waals surface area (Å²) in [6.07, 6.45) is 2.95. The molecule has 3 rings (SSSR count). The first-order valence-electron chi connectivity index (χ1n) is 7.55. The number of nitrogens with zero attached hydrogens (tertiary/aromatic N) is 2. The van der Waals surface area contributed by atoms with Gasteiger partial charge in [0.05, 0.1) is 11.1 Å². The SMILES string of the molecule is NC(=O)c1cnc(NC(=O)c2cccc(S(=O)(=O)N3CCCC3)c2)s1. The number of aromatic nitrogens is 1. The van der Waals surface area contributed by atoms with E-state index in [0.29, 0.717) is 13.1 Å². The number of anilines is 1. The third-order valence-corrected chi connectivity index (χ3v) is 6.59. The zero-order chi connectivity index (χ0) is 18.0. The molecule has 1 aromatic carbocycles. The summed E-state index contributed by atoms with van der Waals surface area (Å²) in [6.45, 7) is 0.988. The second-order valence-electron chi connectivity index (χ2n) is 5.49. The fourth-order valence-corrected chi connectivity index (χ4v) is 4.72. The lowest BCUT2D eigenvalue weighted by Crippen LogP contribution is -2.28. The van der Waals surface area contributed by atoms with E-state index in [1.807, 2.05) is 0 Å². The Labute approximate surface area is 148 Å². The van der Waals surface area contributed by atoms with Gasteiger partial charge in [0.1, 0.15) is 4.88 Å². The number of hydrogen-bond donors (Lipinski definition) is 2. The summed E-state index contributed by atoms with van der Waals surface area (Å²) in [5.41, 5.74) is 5.33. The Morgan fingerprint density at radius 2 is 1.96 bits per heavy atom. The molecule has 8 nitrogen and oxygen atoms in total. The minimum absolute atomic E-state index is 0.0824. The normalized spacial score (nSPS) is 15.2.